The van der Waals surface area contributed by atoms with Crippen molar-refractivity contribution in [1.82, 2.24) is 5.32 Å². The largest absolute Gasteiger partial charge is 0.380 e. The molecule has 1 N–H and O–H groups in total. The van der Waals surface area contributed by atoms with E-state index in [1.54, 1.807) is 7.11 Å². The molecule has 0 spiro atoms. The van der Waals surface area contributed by atoms with Crippen LogP contribution in [0.25, 0.3) is 0 Å². The molecule has 0 saturated carbocycles. The molecule has 1 aliphatic rings. The summed E-state index contributed by atoms with van der Waals surface area (Å²) >= 11 is 0. The topological polar surface area (TPSA) is 21.3 Å². The zero-order chi connectivity index (χ0) is 5.98. The summed E-state index contributed by atoms with van der Waals surface area (Å²) in [6, 6.07) is 0.556. The smallest absolute Gasteiger partial charge is 0.0733 e. The third-order valence-corrected chi connectivity index (χ3v) is 1.76. The predicted molar refractivity (Wildman–Crippen MR) is 32.9 cm³/mol. The first-order valence-electron chi connectivity index (χ1n) is 3.11. The molecule has 0 aromatic heterocycles. The van der Waals surface area contributed by atoms with E-state index in [-0.39, 0.29) is 0 Å². The number of rotatable bonds is 1. The molecule has 0 bridgehead atoms. The third kappa shape index (κ3) is 1.01. The molecule has 2 atom stereocenters. The van der Waals surface area contributed by atoms with E-state index in [9.17, 15) is 0 Å². The van der Waals surface area contributed by atoms with Crippen molar-refractivity contribution in [1.29, 1.82) is 0 Å². The van der Waals surface area contributed by atoms with E-state index in [2.05, 4.69) is 12.2 Å². The van der Waals surface area contributed by atoms with E-state index < -0.39 is 0 Å². The van der Waals surface area contributed by atoms with Gasteiger partial charge in [0.15, 0.2) is 0 Å². The van der Waals surface area contributed by atoms with Crippen LogP contribution in [0.1, 0.15) is 13.3 Å². The van der Waals surface area contributed by atoms with E-state index in [1.807, 2.05) is 0 Å². The van der Waals surface area contributed by atoms with Gasteiger partial charge in [-0.2, -0.15) is 0 Å². The first-order chi connectivity index (χ1) is 3.84. The molecular weight excluding hydrogens is 102 g/mol. The number of ether oxygens (including phenoxy) is 1. The molecule has 0 aliphatic carbocycles. The van der Waals surface area contributed by atoms with Gasteiger partial charge >= 0.3 is 0 Å². The summed E-state index contributed by atoms with van der Waals surface area (Å²) in [6.45, 7) is 3.26. The lowest BCUT2D eigenvalue weighted by atomic mass is 10.2. The van der Waals surface area contributed by atoms with Crippen molar-refractivity contribution in [2.75, 3.05) is 13.7 Å². The zero-order valence-corrected chi connectivity index (χ0v) is 5.48. The van der Waals surface area contributed by atoms with Gasteiger partial charge in [0, 0.05) is 13.2 Å². The quantitative estimate of drug-likeness (QED) is 0.533. The van der Waals surface area contributed by atoms with Crippen LogP contribution in [0.2, 0.25) is 0 Å². The Bertz CT molecular complexity index is 74.9. The molecule has 2 nitrogen and oxygen atoms in total. The number of hydrogen-bond acceptors (Lipinski definition) is 2. The van der Waals surface area contributed by atoms with E-state index in [4.69, 9.17) is 4.74 Å². The van der Waals surface area contributed by atoms with Crippen molar-refractivity contribution in [3.63, 3.8) is 0 Å². The second-order valence-electron chi connectivity index (χ2n) is 2.31. The number of hydrogen-bond donors (Lipinski definition) is 1. The van der Waals surface area contributed by atoms with Crippen molar-refractivity contribution in [2.24, 2.45) is 0 Å². The lowest BCUT2D eigenvalue weighted by Gasteiger charge is -2.11. The lowest BCUT2D eigenvalue weighted by Crippen LogP contribution is -2.27. The van der Waals surface area contributed by atoms with Crippen molar-refractivity contribution >= 4 is 0 Å². The third-order valence-electron chi connectivity index (χ3n) is 1.76. The van der Waals surface area contributed by atoms with Crippen LogP contribution in [0.15, 0.2) is 0 Å². The van der Waals surface area contributed by atoms with Crippen molar-refractivity contribution in [3.8, 4) is 0 Å². The SMILES string of the molecule is COC1CCNC1C. The molecule has 1 rings (SSSR count). The Morgan fingerprint density at radius 1 is 1.62 bits per heavy atom. The molecule has 1 fully saturated rings. The summed E-state index contributed by atoms with van der Waals surface area (Å²) in [5.41, 5.74) is 0. The Labute approximate surface area is 50.2 Å². The molecule has 2 unspecified atom stereocenters. The highest BCUT2D eigenvalue weighted by atomic mass is 16.5. The van der Waals surface area contributed by atoms with Gasteiger partial charge in [-0.25, -0.2) is 0 Å². The zero-order valence-electron chi connectivity index (χ0n) is 5.48. The predicted octanol–water partition coefficient (Wildman–Crippen LogP) is 0.383. The van der Waals surface area contributed by atoms with Gasteiger partial charge in [-0.1, -0.05) is 0 Å². The van der Waals surface area contributed by atoms with Crippen LogP contribution < -0.4 is 5.32 Å². The fraction of sp³-hybridized carbons (Fsp3) is 1.00. The van der Waals surface area contributed by atoms with Crippen LogP contribution in [0.4, 0.5) is 0 Å². The molecule has 0 amide bonds. The Balaban J connectivity index is 2.30. The lowest BCUT2D eigenvalue weighted by molar-refractivity contribution is 0.0968. The Morgan fingerprint density at radius 3 is 2.62 bits per heavy atom. The minimum atomic E-state index is 0.454. The van der Waals surface area contributed by atoms with Crippen molar-refractivity contribution in [3.05, 3.63) is 0 Å². The number of nitrogens with one attached hydrogen (secondary N) is 1. The molecule has 0 aromatic carbocycles. The Hall–Kier alpha value is -0.0800. The Morgan fingerprint density at radius 2 is 2.38 bits per heavy atom. The fourth-order valence-corrected chi connectivity index (χ4v) is 1.16. The molecule has 0 aromatic rings. The van der Waals surface area contributed by atoms with Crippen molar-refractivity contribution < 1.29 is 4.74 Å². The molecular formula is C6H13NO. The summed E-state index contributed by atoms with van der Waals surface area (Å²) in [5.74, 6) is 0. The second kappa shape index (κ2) is 2.46. The molecule has 0 radical (unpaired) electrons. The van der Waals surface area contributed by atoms with E-state index in [0.29, 0.717) is 12.1 Å². The molecule has 1 aliphatic heterocycles. The minimum absolute atomic E-state index is 0.454. The van der Waals surface area contributed by atoms with E-state index >= 15 is 0 Å². The average Bonchev–Trinajstić information content (AvgIpc) is 2.14. The minimum Gasteiger partial charge on any atom is -0.380 e. The summed E-state index contributed by atoms with van der Waals surface area (Å²) in [4.78, 5) is 0. The summed E-state index contributed by atoms with van der Waals surface area (Å²) in [6.07, 6.45) is 1.62. The van der Waals surface area contributed by atoms with E-state index in [1.165, 1.54) is 0 Å². The van der Waals surface area contributed by atoms with Crippen LogP contribution in [0, 0.1) is 0 Å². The van der Waals surface area contributed by atoms with Gasteiger partial charge in [-0.05, 0) is 19.9 Å². The first kappa shape index (κ1) is 6.05. The number of methoxy groups -OCH3 is 1. The Kier molecular flexibility index (Phi) is 1.86. The maximum absolute atomic E-state index is 5.16. The standard InChI is InChI=1S/C6H13NO/c1-5-6(8-2)3-4-7-5/h5-7H,3-4H2,1-2H3. The highest BCUT2D eigenvalue weighted by Gasteiger charge is 2.21. The summed E-state index contributed by atoms with van der Waals surface area (Å²) in [7, 11) is 1.77. The monoisotopic (exact) mass is 115 g/mol. The molecule has 8 heavy (non-hydrogen) atoms. The molecule has 2 heteroatoms. The van der Waals surface area contributed by atoms with Crippen LogP contribution in [-0.4, -0.2) is 25.8 Å². The first-order valence-corrected chi connectivity index (χ1v) is 3.11. The van der Waals surface area contributed by atoms with Crippen LogP contribution in [-0.2, 0) is 4.74 Å². The maximum Gasteiger partial charge on any atom is 0.0733 e. The summed E-state index contributed by atoms with van der Waals surface area (Å²) in [5, 5.41) is 3.30. The normalized spacial score (nSPS) is 38.2. The van der Waals surface area contributed by atoms with Crippen LogP contribution >= 0.6 is 0 Å². The highest BCUT2D eigenvalue weighted by Crippen LogP contribution is 2.08. The highest BCUT2D eigenvalue weighted by molar-refractivity contribution is 4.79. The molecule has 48 valence electrons. The van der Waals surface area contributed by atoms with Crippen LogP contribution in [0.3, 0.4) is 0 Å². The van der Waals surface area contributed by atoms with Gasteiger partial charge in [-0.3, -0.25) is 0 Å². The van der Waals surface area contributed by atoms with Gasteiger partial charge in [0.2, 0.25) is 0 Å². The fourth-order valence-electron chi connectivity index (χ4n) is 1.16. The van der Waals surface area contributed by atoms with Gasteiger partial charge in [0.25, 0.3) is 0 Å². The summed E-state index contributed by atoms with van der Waals surface area (Å²) < 4.78 is 5.16. The van der Waals surface area contributed by atoms with Gasteiger partial charge in [-0.15, -0.1) is 0 Å². The van der Waals surface area contributed by atoms with Crippen LogP contribution in [0.5, 0.6) is 0 Å². The van der Waals surface area contributed by atoms with Gasteiger partial charge < -0.3 is 10.1 Å². The van der Waals surface area contributed by atoms with Gasteiger partial charge in [0.1, 0.15) is 0 Å². The second-order valence-corrected chi connectivity index (χ2v) is 2.31. The van der Waals surface area contributed by atoms with Gasteiger partial charge in [0.05, 0.1) is 6.10 Å². The molecule has 1 heterocycles. The van der Waals surface area contributed by atoms with Crippen molar-refractivity contribution in [2.45, 2.75) is 25.5 Å². The van der Waals surface area contributed by atoms with E-state index in [0.717, 1.165) is 13.0 Å². The maximum atomic E-state index is 5.16. The average molecular weight is 115 g/mol. The molecule has 1 saturated heterocycles.